The van der Waals surface area contributed by atoms with Gasteiger partial charge in [0.1, 0.15) is 15.6 Å². The molecule has 1 rings (SSSR count). The number of sulfone groups is 1. The number of hydrogen-bond acceptors (Lipinski definition) is 4. The van der Waals surface area contributed by atoms with Crippen molar-refractivity contribution in [3.63, 3.8) is 0 Å². The molecule has 1 aromatic rings. The van der Waals surface area contributed by atoms with Crippen LogP contribution in [0.3, 0.4) is 0 Å². The highest BCUT2D eigenvalue weighted by Gasteiger charge is 2.13. The zero-order valence-corrected chi connectivity index (χ0v) is 11.6. The molecule has 92 valence electrons. The Morgan fingerprint density at radius 3 is 2.69 bits per heavy atom. The molecule has 1 unspecified atom stereocenters. The zero-order valence-electron chi connectivity index (χ0n) is 9.15. The van der Waals surface area contributed by atoms with E-state index in [1.54, 1.807) is 19.1 Å². The Morgan fingerprint density at radius 1 is 1.50 bits per heavy atom. The molecule has 0 spiro atoms. The van der Waals surface area contributed by atoms with E-state index in [1.807, 2.05) is 0 Å². The van der Waals surface area contributed by atoms with Crippen molar-refractivity contribution in [2.24, 2.45) is 5.73 Å². The normalized spacial score (nSPS) is 13.9. The first-order valence-electron chi connectivity index (χ1n) is 5.16. The molecule has 0 aliphatic heterocycles. The Labute approximate surface area is 104 Å². The van der Waals surface area contributed by atoms with Crippen LogP contribution in [0.4, 0.5) is 0 Å². The second kappa shape index (κ2) is 5.84. The van der Waals surface area contributed by atoms with Gasteiger partial charge in [0.15, 0.2) is 4.67 Å². The summed E-state index contributed by atoms with van der Waals surface area (Å²) in [6.07, 6.45) is 1.18. The van der Waals surface area contributed by atoms with Gasteiger partial charge >= 0.3 is 0 Å². The van der Waals surface area contributed by atoms with Crippen molar-refractivity contribution >= 4 is 25.8 Å². The van der Waals surface area contributed by atoms with E-state index in [1.165, 1.54) is 0 Å². The lowest BCUT2D eigenvalue weighted by Gasteiger charge is -2.08. The molecule has 0 aliphatic rings. The summed E-state index contributed by atoms with van der Waals surface area (Å²) in [5, 5.41) is 0. The Bertz CT molecular complexity index is 427. The number of furan rings is 1. The lowest BCUT2D eigenvalue weighted by molar-refractivity contribution is 0.435. The van der Waals surface area contributed by atoms with Gasteiger partial charge in [-0.05, 0) is 40.9 Å². The molecule has 4 nitrogen and oxygen atoms in total. The Kier molecular flexibility index (Phi) is 5.01. The first-order chi connectivity index (χ1) is 7.44. The molecule has 0 saturated heterocycles. The van der Waals surface area contributed by atoms with Crippen molar-refractivity contribution < 1.29 is 12.8 Å². The monoisotopic (exact) mass is 309 g/mol. The maximum absolute atomic E-state index is 11.2. The van der Waals surface area contributed by atoms with Crippen LogP contribution in [0.1, 0.15) is 31.6 Å². The Morgan fingerprint density at radius 2 is 2.19 bits per heavy atom. The molecular formula is C10H16BrNO3S. The second-order valence-electron chi connectivity index (χ2n) is 3.63. The van der Waals surface area contributed by atoms with E-state index in [0.717, 1.165) is 0 Å². The number of hydrogen-bond donors (Lipinski definition) is 1. The number of nitrogens with two attached hydrogens (primary N) is 1. The average Bonchev–Trinajstić information content (AvgIpc) is 2.64. The molecule has 0 aliphatic carbocycles. The SMILES string of the molecule is CCS(=O)(=O)CCCC(N)c1ccc(Br)o1. The molecule has 1 aromatic heterocycles. The second-order valence-corrected chi connectivity index (χ2v) is 6.88. The smallest absolute Gasteiger partial charge is 0.169 e. The van der Waals surface area contributed by atoms with Crippen LogP contribution in [0.5, 0.6) is 0 Å². The van der Waals surface area contributed by atoms with Gasteiger partial charge in [0.25, 0.3) is 0 Å². The quantitative estimate of drug-likeness (QED) is 0.874. The van der Waals surface area contributed by atoms with Gasteiger partial charge in [-0.2, -0.15) is 0 Å². The minimum absolute atomic E-state index is 0.189. The number of rotatable bonds is 6. The molecule has 1 heterocycles. The van der Waals surface area contributed by atoms with Gasteiger partial charge in [0.05, 0.1) is 11.8 Å². The molecule has 2 N–H and O–H groups in total. The average molecular weight is 310 g/mol. The third-order valence-electron chi connectivity index (χ3n) is 2.37. The van der Waals surface area contributed by atoms with Crippen LogP contribution < -0.4 is 5.73 Å². The van der Waals surface area contributed by atoms with Gasteiger partial charge in [0.2, 0.25) is 0 Å². The lowest BCUT2D eigenvalue weighted by Crippen LogP contribution is -2.13. The minimum atomic E-state index is -2.89. The summed E-state index contributed by atoms with van der Waals surface area (Å²) in [4.78, 5) is 0. The third-order valence-corrected chi connectivity index (χ3v) is 4.59. The first-order valence-corrected chi connectivity index (χ1v) is 7.77. The fraction of sp³-hybridized carbons (Fsp3) is 0.600. The molecule has 6 heteroatoms. The molecule has 0 amide bonds. The van der Waals surface area contributed by atoms with E-state index in [2.05, 4.69) is 15.9 Å². The van der Waals surface area contributed by atoms with E-state index in [4.69, 9.17) is 10.2 Å². The molecule has 0 saturated carbocycles. The molecule has 0 bridgehead atoms. The highest BCUT2D eigenvalue weighted by Crippen LogP contribution is 2.22. The van der Waals surface area contributed by atoms with Crippen molar-refractivity contribution in [1.82, 2.24) is 0 Å². The van der Waals surface area contributed by atoms with Crippen LogP contribution in [-0.4, -0.2) is 19.9 Å². The van der Waals surface area contributed by atoms with Gasteiger partial charge < -0.3 is 10.2 Å². The van der Waals surface area contributed by atoms with E-state index >= 15 is 0 Å². The molecule has 0 fully saturated rings. The molecule has 16 heavy (non-hydrogen) atoms. The Balaban J connectivity index is 2.39. The van der Waals surface area contributed by atoms with Crippen molar-refractivity contribution in [2.75, 3.05) is 11.5 Å². The van der Waals surface area contributed by atoms with Crippen molar-refractivity contribution in [3.8, 4) is 0 Å². The topological polar surface area (TPSA) is 73.3 Å². The van der Waals surface area contributed by atoms with Gasteiger partial charge in [-0.25, -0.2) is 8.42 Å². The van der Waals surface area contributed by atoms with E-state index in [-0.39, 0.29) is 17.5 Å². The minimum Gasteiger partial charge on any atom is -0.453 e. The van der Waals surface area contributed by atoms with Crippen LogP contribution >= 0.6 is 15.9 Å². The summed E-state index contributed by atoms with van der Waals surface area (Å²) in [6, 6.07) is 3.33. The number of halogens is 1. The summed E-state index contributed by atoms with van der Waals surface area (Å²) in [5.41, 5.74) is 5.87. The van der Waals surface area contributed by atoms with Gasteiger partial charge in [-0.3, -0.25) is 0 Å². The molecule has 0 radical (unpaired) electrons. The fourth-order valence-electron chi connectivity index (χ4n) is 1.34. The van der Waals surface area contributed by atoms with Gasteiger partial charge in [0, 0.05) is 5.75 Å². The lowest BCUT2D eigenvalue weighted by atomic mass is 10.1. The molecule has 0 aromatic carbocycles. The van der Waals surface area contributed by atoms with Gasteiger partial charge in [-0.15, -0.1) is 0 Å². The van der Waals surface area contributed by atoms with Crippen molar-refractivity contribution in [2.45, 2.75) is 25.8 Å². The highest BCUT2D eigenvalue weighted by atomic mass is 79.9. The third kappa shape index (κ3) is 4.27. The summed E-state index contributed by atoms with van der Waals surface area (Å²) in [7, 11) is -2.89. The van der Waals surface area contributed by atoms with Crippen molar-refractivity contribution in [1.29, 1.82) is 0 Å². The van der Waals surface area contributed by atoms with Crippen LogP contribution in [0.2, 0.25) is 0 Å². The van der Waals surface area contributed by atoms with Crippen molar-refractivity contribution in [3.05, 3.63) is 22.6 Å². The molecular weight excluding hydrogens is 294 g/mol. The van der Waals surface area contributed by atoms with Crippen LogP contribution in [0.25, 0.3) is 0 Å². The van der Waals surface area contributed by atoms with E-state index in [0.29, 0.717) is 23.3 Å². The maximum Gasteiger partial charge on any atom is 0.169 e. The first kappa shape index (κ1) is 13.7. The van der Waals surface area contributed by atoms with Crippen LogP contribution in [0.15, 0.2) is 21.2 Å². The summed E-state index contributed by atoms with van der Waals surface area (Å²) in [5.74, 6) is 1.06. The maximum atomic E-state index is 11.2. The summed E-state index contributed by atoms with van der Waals surface area (Å²) in [6.45, 7) is 1.65. The predicted octanol–water partition coefficient (Wildman–Crippen LogP) is 2.26. The predicted molar refractivity (Wildman–Crippen MR) is 66.9 cm³/mol. The van der Waals surface area contributed by atoms with Gasteiger partial charge in [-0.1, -0.05) is 6.92 Å². The van der Waals surface area contributed by atoms with E-state index < -0.39 is 9.84 Å². The van der Waals surface area contributed by atoms with E-state index in [9.17, 15) is 8.42 Å². The molecule has 1 atom stereocenters. The fourth-order valence-corrected chi connectivity index (χ4v) is 2.55. The highest BCUT2D eigenvalue weighted by molar-refractivity contribution is 9.10. The largest absolute Gasteiger partial charge is 0.453 e. The summed E-state index contributed by atoms with van der Waals surface area (Å²) >= 11 is 3.19. The van der Waals surface area contributed by atoms with Crippen LogP contribution in [-0.2, 0) is 9.84 Å². The summed E-state index contributed by atoms with van der Waals surface area (Å²) < 4.78 is 28.4. The van der Waals surface area contributed by atoms with Crippen LogP contribution in [0, 0.1) is 0 Å². The zero-order chi connectivity index (χ0) is 12.2. The standard InChI is InChI=1S/C10H16BrNO3S/c1-2-16(13,14)7-3-4-8(12)9-5-6-10(11)15-9/h5-6,8H,2-4,7,12H2,1H3. The Hall–Kier alpha value is -0.330.